The van der Waals surface area contributed by atoms with E-state index in [0.29, 0.717) is 0 Å². The number of aromatic nitrogens is 1. The Labute approximate surface area is 87.1 Å². The maximum atomic E-state index is 12.3. The Bertz CT molecular complexity index is 422. The average Bonchev–Trinajstić information content (AvgIpc) is 2.15. The van der Waals surface area contributed by atoms with Crippen molar-refractivity contribution in [1.82, 2.24) is 4.98 Å². The van der Waals surface area contributed by atoms with Crippen LogP contribution in [0.4, 0.5) is 17.6 Å². The molecule has 0 fully saturated rings. The van der Waals surface area contributed by atoms with Crippen molar-refractivity contribution < 1.29 is 17.6 Å². The van der Waals surface area contributed by atoms with Crippen molar-refractivity contribution in [3.8, 4) is 6.07 Å². The second-order valence-electron chi connectivity index (χ2n) is 2.56. The van der Waals surface area contributed by atoms with E-state index in [-0.39, 0.29) is 0 Å². The lowest BCUT2D eigenvalue weighted by Crippen LogP contribution is -2.12. The Kier molecular flexibility index (Phi) is 3.15. The smallest absolute Gasteiger partial charge is 0.244 e. The maximum Gasteiger partial charge on any atom is 0.434 e. The van der Waals surface area contributed by atoms with E-state index in [1.54, 1.807) is 0 Å². The lowest BCUT2D eigenvalue weighted by Gasteiger charge is -2.09. The third-order valence-corrected chi connectivity index (χ3v) is 1.84. The summed E-state index contributed by atoms with van der Waals surface area (Å²) in [5.41, 5.74) is -2.70. The van der Waals surface area contributed by atoms with Crippen molar-refractivity contribution in [2.75, 3.05) is 0 Å². The molecule has 0 radical (unpaired) electrons. The van der Waals surface area contributed by atoms with Crippen LogP contribution in [-0.4, -0.2) is 4.98 Å². The zero-order valence-corrected chi connectivity index (χ0v) is 7.82. The van der Waals surface area contributed by atoms with Gasteiger partial charge in [0.15, 0.2) is 5.69 Å². The SMILES string of the molecule is N#Cc1c(Cl)cc(CF)nc1C(F)(F)F. The highest BCUT2D eigenvalue weighted by molar-refractivity contribution is 6.31. The van der Waals surface area contributed by atoms with Gasteiger partial charge in [-0.15, -0.1) is 0 Å². The van der Waals surface area contributed by atoms with Gasteiger partial charge in [-0.2, -0.15) is 18.4 Å². The quantitative estimate of drug-likeness (QED) is 0.705. The minimum atomic E-state index is -4.82. The van der Waals surface area contributed by atoms with Crippen molar-refractivity contribution in [3.05, 3.63) is 28.0 Å². The predicted octanol–water partition coefficient (Wildman–Crippen LogP) is 3.09. The van der Waals surface area contributed by atoms with E-state index >= 15 is 0 Å². The Morgan fingerprint density at radius 2 is 2.07 bits per heavy atom. The molecule has 7 heteroatoms. The monoisotopic (exact) mass is 238 g/mol. The molecular weight excluding hydrogens is 236 g/mol. The summed E-state index contributed by atoms with van der Waals surface area (Å²) in [5.74, 6) is 0. The molecule has 0 spiro atoms. The fourth-order valence-corrected chi connectivity index (χ4v) is 1.20. The number of pyridine rings is 1. The van der Waals surface area contributed by atoms with Crippen LogP contribution in [0.15, 0.2) is 6.07 Å². The molecule has 0 aliphatic heterocycles. The number of rotatable bonds is 1. The minimum absolute atomic E-state index is 0.451. The van der Waals surface area contributed by atoms with Gasteiger partial charge in [0, 0.05) is 0 Å². The van der Waals surface area contributed by atoms with Crippen LogP contribution in [0.3, 0.4) is 0 Å². The molecule has 0 aliphatic rings. The van der Waals surface area contributed by atoms with Crippen molar-refractivity contribution in [2.45, 2.75) is 12.9 Å². The number of hydrogen-bond acceptors (Lipinski definition) is 2. The van der Waals surface area contributed by atoms with Crippen LogP contribution in [0.25, 0.3) is 0 Å². The first-order valence-electron chi connectivity index (χ1n) is 3.62. The number of hydrogen-bond donors (Lipinski definition) is 0. The Hall–Kier alpha value is -1.35. The highest BCUT2D eigenvalue weighted by atomic mass is 35.5. The Balaban J connectivity index is 3.48. The molecule has 0 unspecified atom stereocenters. The van der Waals surface area contributed by atoms with E-state index in [1.165, 1.54) is 6.07 Å². The number of halogens is 5. The summed E-state index contributed by atoms with van der Waals surface area (Å²) in [7, 11) is 0. The average molecular weight is 239 g/mol. The first-order chi connectivity index (χ1) is 6.90. The Morgan fingerprint density at radius 1 is 1.47 bits per heavy atom. The molecule has 0 aromatic carbocycles. The normalized spacial score (nSPS) is 11.2. The van der Waals surface area contributed by atoms with Gasteiger partial charge in [-0.1, -0.05) is 11.6 Å². The van der Waals surface area contributed by atoms with E-state index < -0.39 is 34.8 Å². The minimum Gasteiger partial charge on any atom is -0.244 e. The van der Waals surface area contributed by atoms with Crippen LogP contribution in [0.2, 0.25) is 5.02 Å². The number of nitrogens with zero attached hydrogens (tertiary/aromatic N) is 2. The summed E-state index contributed by atoms with van der Waals surface area (Å²) < 4.78 is 49.1. The summed E-state index contributed by atoms with van der Waals surface area (Å²) in [6.07, 6.45) is -4.82. The summed E-state index contributed by atoms with van der Waals surface area (Å²) in [5, 5.41) is 8.01. The van der Waals surface area contributed by atoms with Crippen LogP contribution in [0.1, 0.15) is 17.0 Å². The molecule has 2 nitrogen and oxygen atoms in total. The Morgan fingerprint density at radius 3 is 2.47 bits per heavy atom. The van der Waals surface area contributed by atoms with Crippen molar-refractivity contribution in [1.29, 1.82) is 5.26 Å². The van der Waals surface area contributed by atoms with Crippen LogP contribution in [0.5, 0.6) is 0 Å². The zero-order chi connectivity index (χ0) is 11.6. The van der Waals surface area contributed by atoms with E-state index in [9.17, 15) is 17.6 Å². The van der Waals surface area contributed by atoms with Crippen molar-refractivity contribution in [3.63, 3.8) is 0 Å². The topological polar surface area (TPSA) is 36.7 Å². The van der Waals surface area contributed by atoms with E-state index in [4.69, 9.17) is 16.9 Å². The third kappa shape index (κ3) is 2.36. The summed E-state index contributed by atoms with van der Waals surface area (Å²) in [4.78, 5) is 2.99. The molecule has 0 saturated carbocycles. The highest BCUT2D eigenvalue weighted by Crippen LogP contribution is 2.33. The van der Waals surface area contributed by atoms with E-state index in [0.717, 1.165) is 6.07 Å². The molecule has 1 aromatic heterocycles. The van der Waals surface area contributed by atoms with Crippen LogP contribution in [-0.2, 0) is 12.9 Å². The van der Waals surface area contributed by atoms with Gasteiger partial charge in [-0.3, -0.25) is 0 Å². The first-order valence-corrected chi connectivity index (χ1v) is 4.00. The molecule has 1 heterocycles. The molecule has 1 aromatic rings. The molecule has 0 amide bonds. The predicted molar refractivity (Wildman–Crippen MR) is 43.8 cm³/mol. The van der Waals surface area contributed by atoms with Gasteiger partial charge in [0.25, 0.3) is 0 Å². The van der Waals surface area contributed by atoms with Gasteiger partial charge >= 0.3 is 6.18 Å². The van der Waals surface area contributed by atoms with Gasteiger partial charge in [0.2, 0.25) is 0 Å². The third-order valence-electron chi connectivity index (χ3n) is 1.54. The lowest BCUT2D eigenvalue weighted by atomic mass is 10.2. The summed E-state index contributed by atoms with van der Waals surface area (Å²) >= 11 is 5.39. The standard InChI is InChI=1S/C8H3ClF4N2/c9-6-1-4(2-10)15-7(5(6)3-14)8(11,12)13/h1H,2H2. The second-order valence-corrected chi connectivity index (χ2v) is 2.97. The van der Waals surface area contributed by atoms with Crippen molar-refractivity contribution in [2.24, 2.45) is 0 Å². The highest BCUT2D eigenvalue weighted by Gasteiger charge is 2.37. The summed E-state index contributed by atoms with van der Waals surface area (Å²) in [6.45, 7) is -1.17. The van der Waals surface area contributed by atoms with Crippen LogP contribution < -0.4 is 0 Å². The fourth-order valence-electron chi connectivity index (χ4n) is 0.943. The number of nitriles is 1. The molecule has 0 saturated heterocycles. The number of alkyl halides is 4. The van der Waals surface area contributed by atoms with Gasteiger partial charge in [-0.05, 0) is 6.07 Å². The molecule has 0 N–H and O–H groups in total. The summed E-state index contributed by atoms with van der Waals surface area (Å²) in [6, 6.07) is 2.18. The van der Waals surface area contributed by atoms with Crippen LogP contribution in [0, 0.1) is 11.3 Å². The molecule has 0 bridgehead atoms. The van der Waals surface area contributed by atoms with Gasteiger partial charge < -0.3 is 0 Å². The van der Waals surface area contributed by atoms with Crippen molar-refractivity contribution >= 4 is 11.6 Å². The molecule has 1 rings (SSSR count). The van der Waals surface area contributed by atoms with Crippen LogP contribution >= 0.6 is 11.6 Å². The van der Waals surface area contributed by atoms with Gasteiger partial charge in [0.05, 0.1) is 10.7 Å². The second kappa shape index (κ2) is 4.03. The lowest BCUT2D eigenvalue weighted by molar-refractivity contribution is -0.141. The zero-order valence-electron chi connectivity index (χ0n) is 7.07. The molecular formula is C8H3ClF4N2. The van der Waals surface area contributed by atoms with Gasteiger partial charge in [-0.25, -0.2) is 9.37 Å². The molecule has 0 atom stereocenters. The fraction of sp³-hybridized carbons (Fsp3) is 0.250. The maximum absolute atomic E-state index is 12.3. The van der Waals surface area contributed by atoms with Gasteiger partial charge in [0.1, 0.15) is 18.3 Å². The van der Waals surface area contributed by atoms with E-state index in [2.05, 4.69) is 4.98 Å². The molecule has 0 aliphatic carbocycles. The largest absolute Gasteiger partial charge is 0.434 e. The van der Waals surface area contributed by atoms with E-state index in [1.807, 2.05) is 0 Å². The molecule has 80 valence electrons. The molecule has 15 heavy (non-hydrogen) atoms. The first kappa shape index (κ1) is 11.7.